The van der Waals surface area contributed by atoms with Gasteiger partial charge in [-0.25, -0.2) is 4.39 Å². The molecule has 1 aliphatic heterocycles. The molecule has 35 heavy (non-hydrogen) atoms. The summed E-state index contributed by atoms with van der Waals surface area (Å²) in [5, 5.41) is 0. The molecule has 1 aliphatic rings. The van der Waals surface area contributed by atoms with E-state index in [4.69, 9.17) is 0 Å². The zero-order valence-electron chi connectivity index (χ0n) is 19.6. The maximum Gasteiger partial charge on any atom is 0.255 e. The number of pyridine rings is 1. The van der Waals surface area contributed by atoms with Crippen molar-refractivity contribution in [3.05, 3.63) is 125 Å². The van der Waals surface area contributed by atoms with Crippen LogP contribution in [0.5, 0.6) is 0 Å². The number of hydrogen-bond acceptors (Lipinski definition) is 3. The van der Waals surface area contributed by atoms with Crippen LogP contribution in [-0.2, 0) is 13.0 Å². The minimum atomic E-state index is -0.218. The monoisotopic (exact) mass is 465 g/mol. The Morgan fingerprint density at radius 1 is 0.743 bits per heavy atom. The minimum absolute atomic E-state index is 0.0256. The summed E-state index contributed by atoms with van der Waals surface area (Å²) in [6.45, 7) is 3.72. The first-order chi connectivity index (χ1) is 17.1. The number of carbonyl (C=O) groups is 1. The molecule has 0 saturated carbocycles. The van der Waals surface area contributed by atoms with Gasteiger partial charge in [-0.05, 0) is 46.5 Å². The smallest absolute Gasteiger partial charge is 0.255 e. The molecule has 176 valence electrons. The number of amides is 1. The molecule has 1 aromatic heterocycles. The predicted octanol–water partition coefficient (Wildman–Crippen LogP) is 5.44. The lowest BCUT2D eigenvalue weighted by Crippen LogP contribution is -2.48. The van der Waals surface area contributed by atoms with Crippen LogP contribution in [0.2, 0.25) is 0 Å². The first-order valence-corrected chi connectivity index (χ1v) is 12.0. The SMILES string of the molecule is O=C(c1ccc(Cc2ccc(-c3ccccc3)cc2)nc1)N1CCN(Cc2ccc(F)cc2)CC1. The van der Waals surface area contributed by atoms with E-state index in [0.717, 1.165) is 37.3 Å². The van der Waals surface area contributed by atoms with Crippen LogP contribution in [0, 0.1) is 5.82 Å². The van der Waals surface area contributed by atoms with Crippen LogP contribution in [0.1, 0.15) is 27.2 Å². The fourth-order valence-corrected chi connectivity index (χ4v) is 4.45. The van der Waals surface area contributed by atoms with Gasteiger partial charge in [-0.2, -0.15) is 0 Å². The van der Waals surface area contributed by atoms with E-state index in [1.54, 1.807) is 6.20 Å². The molecule has 0 N–H and O–H groups in total. The number of halogens is 1. The van der Waals surface area contributed by atoms with Gasteiger partial charge in [0.1, 0.15) is 5.82 Å². The minimum Gasteiger partial charge on any atom is -0.336 e. The Bertz CT molecular complexity index is 1250. The average molecular weight is 466 g/mol. The molecular formula is C30H28FN3O. The van der Waals surface area contributed by atoms with Crippen LogP contribution in [0.15, 0.2) is 97.2 Å². The van der Waals surface area contributed by atoms with Gasteiger partial charge in [0.05, 0.1) is 5.56 Å². The maximum atomic E-state index is 13.1. The Balaban J connectivity index is 1.14. The molecule has 2 heterocycles. The van der Waals surface area contributed by atoms with Crippen LogP contribution in [0.25, 0.3) is 11.1 Å². The van der Waals surface area contributed by atoms with Crippen LogP contribution in [0.4, 0.5) is 4.39 Å². The molecule has 1 amide bonds. The number of piperazine rings is 1. The second-order valence-corrected chi connectivity index (χ2v) is 8.97. The second kappa shape index (κ2) is 10.6. The Kier molecular flexibility index (Phi) is 6.96. The quantitative estimate of drug-likeness (QED) is 0.381. The summed E-state index contributed by atoms with van der Waals surface area (Å²) in [4.78, 5) is 21.7. The number of hydrogen-bond donors (Lipinski definition) is 0. The lowest BCUT2D eigenvalue weighted by atomic mass is 10.0. The van der Waals surface area contributed by atoms with Gasteiger partial charge >= 0.3 is 0 Å². The van der Waals surface area contributed by atoms with Gasteiger partial charge in [-0.1, -0.05) is 66.7 Å². The summed E-state index contributed by atoms with van der Waals surface area (Å²) < 4.78 is 13.1. The Labute approximate surface area is 205 Å². The van der Waals surface area contributed by atoms with Gasteiger partial charge in [0.15, 0.2) is 0 Å². The van der Waals surface area contributed by atoms with Crippen molar-refractivity contribution in [2.75, 3.05) is 26.2 Å². The largest absolute Gasteiger partial charge is 0.336 e. The third kappa shape index (κ3) is 5.81. The molecule has 0 bridgehead atoms. The molecule has 0 atom stereocenters. The molecule has 0 spiro atoms. The van der Waals surface area contributed by atoms with Crippen LogP contribution >= 0.6 is 0 Å². The van der Waals surface area contributed by atoms with Gasteiger partial charge in [0, 0.05) is 51.0 Å². The highest BCUT2D eigenvalue weighted by Gasteiger charge is 2.22. The molecule has 3 aromatic carbocycles. The molecule has 5 rings (SSSR count). The first-order valence-electron chi connectivity index (χ1n) is 12.0. The van der Waals surface area contributed by atoms with Gasteiger partial charge in [-0.3, -0.25) is 14.7 Å². The lowest BCUT2D eigenvalue weighted by molar-refractivity contribution is 0.0628. The van der Waals surface area contributed by atoms with E-state index in [1.165, 1.54) is 28.8 Å². The summed E-state index contributed by atoms with van der Waals surface area (Å²) in [5.41, 5.74) is 6.24. The topological polar surface area (TPSA) is 36.4 Å². The second-order valence-electron chi connectivity index (χ2n) is 8.97. The van der Waals surface area contributed by atoms with E-state index >= 15 is 0 Å². The van der Waals surface area contributed by atoms with Gasteiger partial charge < -0.3 is 4.90 Å². The van der Waals surface area contributed by atoms with Gasteiger partial charge in [-0.15, -0.1) is 0 Å². The summed E-state index contributed by atoms with van der Waals surface area (Å²) >= 11 is 0. The molecule has 0 radical (unpaired) electrons. The molecule has 4 nitrogen and oxygen atoms in total. The van der Waals surface area contributed by atoms with Crippen LogP contribution in [0.3, 0.4) is 0 Å². The van der Waals surface area contributed by atoms with Crippen molar-refractivity contribution in [3.63, 3.8) is 0 Å². The zero-order chi connectivity index (χ0) is 24.0. The molecule has 0 unspecified atom stereocenters. The number of aromatic nitrogens is 1. The Morgan fingerprint density at radius 3 is 2.06 bits per heavy atom. The van der Waals surface area contributed by atoms with Crippen molar-refractivity contribution in [3.8, 4) is 11.1 Å². The number of rotatable bonds is 6. The third-order valence-electron chi connectivity index (χ3n) is 6.50. The third-order valence-corrected chi connectivity index (χ3v) is 6.50. The number of benzene rings is 3. The highest BCUT2D eigenvalue weighted by atomic mass is 19.1. The highest BCUT2D eigenvalue weighted by Crippen LogP contribution is 2.20. The molecule has 5 heteroatoms. The van der Waals surface area contributed by atoms with Crippen molar-refractivity contribution in [1.29, 1.82) is 0 Å². The van der Waals surface area contributed by atoms with E-state index < -0.39 is 0 Å². The molecule has 4 aromatic rings. The zero-order valence-corrected chi connectivity index (χ0v) is 19.6. The van der Waals surface area contributed by atoms with Crippen molar-refractivity contribution in [2.24, 2.45) is 0 Å². The molecule has 1 saturated heterocycles. The van der Waals surface area contributed by atoms with Crippen molar-refractivity contribution in [2.45, 2.75) is 13.0 Å². The number of carbonyl (C=O) groups excluding carboxylic acids is 1. The first kappa shape index (κ1) is 22.9. The van der Waals surface area contributed by atoms with E-state index in [0.29, 0.717) is 18.7 Å². The fraction of sp³-hybridized carbons (Fsp3) is 0.200. The van der Waals surface area contributed by atoms with E-state index in [-0.39, 0.29) is 11.7 Å². The van der Waals surface area contributed by atoms with Gasteiger partial charge in [0.2, 0.25) is 0 Å². The summed E-state index contributed by atoms with van der Waals surface area (Å²) in [6, 6.07) is 29.3. The summed E-state index contributed by atoms with van der Waals surface area (Å²) in [6.07, 6.45) is 2.42. The molecular weight excluding hydrogens is 437 g/mol. The Hall–Kier alpha value is -3.83. The van der Waals surface area contributed by atoms with E-state index in [2.05, 4.69) is 46.3 Å². The predicted molar refractivity (Wildman–Crippen MR) is 137 cm³/mol. The highest BCUT2D eigenvalue weighted by molar-refractivity contribution is 5.94. The normalized spacial score (nSPS) is 14.1. The van der Waals surface area contributed by atoms with Crippen LogP contribution in [-0.4, -0.2) is 46.9 Å². The van der Waals surface area contributed by atoms with E-state index in [9.17, 15) is 9.18 Å². The van der Waals surface area contributed by atoms with E-state index in [1.807, 2.05) is 47.4 Å². The fourth-order valence-electron chi connectivity index (χ4n) is 4.45. The lowest BCUT2D eigenvalue weighted by Gasteiger charge is -2.34. The maximum absolute atomic E-state index is 13.1. The molecule has 1 fully saturated rings. The number of nitrogens with zero attached hydrogens (tertiary/aromatic N) is 3. The van der Waals surface area contributed by atoms with Crippen molar-refractivity contribution in [1.82, 2.24) is 14.8 Å². The molecule has 0 aliphatic carbocycles. The van der Waals surface area contributed by atoms with Gasteiger partial charge in [0.25, 0.3) is 5.91 Å². The summed E-state index contributed by atoms with van der Waals surface area (Å²) in [5.74, 6) is -0.192. The van der Waals surface area contributed by atoms with Crippen LogP contribution < -0.4 is 0 Å². The van der Waals surface area contributed by atoms with Crippen molar-refractivity contribution < 1.29 is 9.18 Å². The standard InChI is InChI=1S/C30H28FN3O/c31-28-13-8-24(9-14-28)22-33-16-18-34(19-17-33)30(35)27-12-15-29(32-21-27)20-23-6-10-26(11-7-23)25-4-2-1-3-5-25/h1-15,21H,16-20,22H2. The Morgan fingerprint density at radius 2 is 1.40 bits per heavy atom. The average Bonchev–Trinajstić information content (AvgIpc) is 2.91. The van der Waals surface area contributed by atoms with Crippen molar-refractivity contribution >= 4 is 5.91 Å². The summed E-state index contributed by atoms with van der Waals surface area (Å²) in [7, 11) is 0.